The van der Waals surface area contributed by atoms with Gasteiger partial charge in [0.05, 0.1) is 12.2 Å². The van der Waals surface area contributed by atoms with Crippen molar-refractivity contribution in [1.29, 1.82) is 0 Å². The highest BCUT2D eigenvalue weighted by Crippen LogP contribution is 2.37. The Morgan fingerprint density at radius 1 is 1.32 bits per heavy atom. The Morgan fingerprint density at radius 2 is 2.05 bits per heavy atom. The maximum atomic E-state index is 13.2. The Hall–Kier alpha value is -1.60. The molecule has 1 atom stereocenters. The fourth-order valence-corrected chi connectivity index (χ4v) is 1.99. The molecule has 3 N–H and O–H groups in total. The van der Waals surface area contributed by atoms with Gasteiger partial charge in [0.15, 0.2) is 0 Å². The highest BCUT2D eigenvalue weighted by atomic mass is 19.4. The van der Waals surface area contributed by atoms with Gasteiger partial charge in [-0.05, 0) is 29.8 Å². The maximum Gasteiger partial charge on any atom is 0.416 e. The first kappa shape index (κ1) is 13.8. The lowest BCUT2D eigenvalue weighted by Gasteiger charge is -2.21. The molecule has 0 radical (unpaired) electrons. The van der Waals surface area contributed by atoms with Crippen LogP contribution >= 0.6 is 0 Å². The minimum atomic E-state index is -4.59. The van der Waals surface area contributed by atoms with Crippen LogP contribution < -0.4 is 11.3 Å². The fraction of sp³-hybridized carbons (Fsp3) is 0.333. The first-order valence-corrected chi connectivity index (χ1v) is 5.59. The molecule has 0 aliphatic carbocycles. The average Bonchev–Trinajstić information content (AvgIpc) is 2.82. The molecular formula is C12H12F4N2O. The molecule has 0 saturated carbocycles. The Bertz CT molecular complexity index is 499. The molecule has 0 saturated heterocycles. The molecule has 1 aromatic carbocycles. The van der Waals surface area contributed by atoms with E-state index in [1.54, 1.807) is 6.08 Å². The second kappa shape index (κ2) is 5.18. The molecule has 1 unspecified atom stereocenters. The Labute approximate surface area is 107 Å². The summed E-state index contributed by atoms with van der Waals surface area (Å²) in [5.74, 6) is 4.80. The third kappa shape index (κ3) is 2.87. The largest absolute Gasteiger partial charge is 0.496 e. The maximum absolute atomic E-state index is 13.2. The van der Waals surface area contributed by atoms with Crippen LogP contribution in [-0.4, -0.2) is 6.61 Å². The van der Waals surface area contributed by atoms with Crippen molar-refractivity contribution in [3.63, 3.8) is 0 Å². The summed E-state index contributed by atoms with van der Waals surface area (Å²) in [4.78, 5) is 0. The molecule has 0 spiro atoms. The SMILES string of the molecule is NNC(C1=CCCO1)c1cc(F)ccc1C(F)(F)F. The van der Waals surface area contributed by atoms with Crippen molar-refractivity contribution in [2.24, 2.45) is 5.84 Å². The Morgan fingerprint density at radius 3 is 2.58 bits per heavy atom. The first-order chi connectivity index (χ1) is 8.93. The van der Waals surface area contributed by atoms with Crippen LogP contribution in [0.15, 0.2) is 30.0 Å². The highest BCUT2D eigenvalue weighted by Gasteiger charge is 2.36. The quantitative estimate of drug-likeness (QED) is 0.507. The van der Waals surface area contributed by atoms with E-state index in [1.165, 1.54) is 0 Å². The summed E-state index contributed by atoms with van der Waals surface area (Å²) in [6.45, 7) is 0.379. The van der Waals surface area contributed by atoms with Gasteiger partial charge in [0.1, 0.15) is 17.6 Å². The van der Waals surface area contributed by atoms with Gasteiger partial charge in [-0.2, -0.15) is 13.2 Å². The molecule has 104 valence electrons. The van der Waals surface area contributed by atoms with Crippen molar-refractivity contribution in [3.05, 3.63) is 47.0 Å². The van der Waals surface area contributed by atoms with E-state index < -0.39 is 23.6 Å². The summed E-state index contributed by atoms with van der Waals surface area (Å²) < 4.78 is 57.2. The molecule has 1 aliphatic rings. The standard InChI is InChI=1S/C12H12F4N2O/c13-7-3-4-9(12(14,15)16)8(6-7)11(18-17)10-2-1-5-19-10/h2-4,6,11,18H,1,5,17H2. The zero-order valence-corrected chi connectivity index (χ0v) is 9.80. The number of benzene rings is 1. The molecule has 0 fully saturated rings. The summed E-state index contributed by atoms with van der Waals surface area (Å²) in [5.41, 5.74) is 1.01. The topological polar surface area (TPSA) is 47.3 Å². The van der Waals surface area contributed by atoms with Gasteiger partial charge in [0, 0.05) is 6.42 Å². The van der Waals surface area contributed by atoms with Gasteiger partial charge in [-0.1, -0.05) is 0 Å². The average molecular weight is 276 g/mol. The molecule has 0 bridgehead atoms. The summed E-state index contributed by atoms with van der Waals surface area (Å²) in [5, 5.41) is 0. The van der Waals surface area contributed by atoms with Crippen LogP contribution in [0.25, 0.3) is 0 Å². The zero-order valence-electron chi connectivity index (χ0n) is 9.80. The van der Waals surface area contributed by atoms with Crippen molar-refractivity contribution in [3.8, 4) is 0 Å². The molecule has 2 rings (SSSR count). The number of halogens is 4. The van der Waals surface area contributed by atoms with Gasteiger partial charge < -0.3 is 4.74 Å². The van der Waals surface area contributed by atoms with Crippen LogP contribution in [0.3, 0.4) is 0 Å². The van der Waals surface area contributed by atoms with E-state index >= 15 is 0 Å². The monoisotopic (exact) mass is 276 g/mol. The van der Waals surface area contributed by atoms with Crippen LogP contribution in [0.1, 0.15) is 23.6 Å². The fourth-order valence-electron chi connectivity index (χ4n) is 1.99. The van der Waals surface area contributed by atoms with Crippen molar-refractivity contribution < 1.29 is 22.3 Å². The summed E-state index contributed by atoms with van der Waals surface area (Å²) in [6, 6.07) is 1.26. The molecule has 1 heterocycles. The van der Waals surface area contributed by atoms with E-state index in [2.05, 4.69) is 5.43 Å². The van der Waals surface area contributed by atoms with Gasteiger partial charge in [-0.3, -0.25) is 5.84 Å². The van der Waals surface area contributed by atoms with Gasteiger partial charge in [0.25, 0.3) is 0 Å². The van der Waals surface area contributed by atoms with Gasteiger partial charge in [-0.25, -0.2) is 9.82 Å². The second-order valence-electron chi connectivity index (χ2n) is 4.07. The van der Waals surface area contributed by atoms with Gasteiger partial charge in [0.2, 0.25) is 0 Å². The van der Waals surface area contributed by atoms with E-state index in [1.807, 2.05) is 0 Å². The highest BCUT2D eigenvalue weighted by molar-refractivity contribution is 5.37. The predicted octanol–water partition coefficient (Wildman–Crippen LogP) is 2.65. The number of ether oxygens (including phenoxy) is 1. The lowest BCUT2D eigenvalue weighted by Crippen LogP contribution is -2.31. The van der Waals surface area contributed by atoms with Crippen molar-refractivity contribution in [2.75, 3.05) is 6.61 Å². The van der Waals surface area contributed by atoms with E-state index in [9.17, 15) is 17.6 Å². The molecule has 0 aromatic heterocycles. The lowest BCUT2D eigenvalue weighted by molar-refractivity contribution is -0.138. The number of alkyl halides is 3. The normalized spacial score (nSPS) is 17.0. The van der Waals surface area contributed by atoms with Crippen molar-refractivity contribution in [1.82, 2.24) is 5.43 Å². The van der Waals surface area contributed by atoms with Crippen molar-refractivity contribution in [2.45, 2.75) is 18.6 Å². The number of nitrogens with two attached hydrogens (primary N) is 1. The second-order valence-corrected chi connectivity index (χ2v) is 4.07. The molecular weight excluding hydrogens is 264 g/mol. The third-order valence-electron chi connectivity index (χ3n) is 2.81. The van der Waals surface area contributed by atoms with Crippen LogP contribution in [0.4, 0.5) is 17.6 Å². The predicted molar refractivity (Wildman–Crippen MR) is 60.1 cm³/mol. The number of hydrogen-bond donors (Lipinski definition) is 2. The zero-order chi connectivity index (χ0) is 14.0. The first-order valence-electron chi connectivity index (χ1n) is 5.59. The lowest BCUT2D eigenvalue weighted by atomic mass is 9.98. The molecule has 3 nitrogen and oxygen atoms in total. The Balaban J connectivity index is 2.49. The third-order valence-corrected chi connectivity index (χ3v) is 2.81. The van der Waals surface area contributed by atoms with Crippen LogP contribution in [0.5, 0.6) is 0 Å². The number of hydrazine groups is 1. The number of rotatable bonds is 3. The molecule has 7 heteroatoms. The molecule has 1 aliphatic heterocycles. The van der Waals surface area contributed by atoms with E-state index in [-0.39, 0.29) is 11.3 Å². The van der Waals surface area contributed by atoms with Gasteiger partial charge in [-0.15, -0.1) is 0 Å². The molecule has 1 aromatic rings. The molecule has 19 heavy (non-hydrogen) atoms. The van der Waals surface area contributed by atoms with Crippen LogP contribution in [0, 0.1) is 5.82 Å². The summed E-state index contributed by atoms with van der Waals surface area (Å²) in [7, 11) is 0. The van der Waals surface area contributed by atoms with Gasteiger partial charge >= 0.3 is 6.18 Å². The Kier molecular flexibility index (Phi) is 3.77. The minimum absolute atomic E-state index is 0.276. The van der Waals surface area contributed by atoms with E-state index in [0.29, 0.717) is 19.1 Å². The summed E-state index contributed by atoms with van der Waals surface area (Å²) >= 11 is 0. The van der Waals surface area contributed by atoms with Crippen LogP contribution in [0.2, 0.25) is 0 Å². The molecule has 0 amide bonds. The van der Waals surface area contributed by atoms with Crippen molar-refractivity contribution >= 4 is 0 Å². The van der Waals surface area contributed by atoms with Crippen LogP contribution in [-0.2, 0) is 10.9 Å². The van der Waals surface area contributed by atoms with E-state index in [0.717, 1.165) is 12.1 Å². The number of nitrogens with one attached hydrogen (secondary N) is 1. The summed E-state index contributed by atoms with van der Waals surface area (Å²) in [6.07, 6.45) is -2.36. The number of hydrogen-bond acceptors (Lipinski definition) is 3. The smallest absolute Gasteiger partial charge is 0.416 e. The minimum Gasteiger partial charge on any atom is -0.496 e. The van der Waals surface area contributed by atoms with E-state index in [4.69, 9.17) is 10.6 Å².